The van der Waals surface area contributed by atoms with Crippen molar-refractivity contribution in [3.05, 3.63) is 44.0 Å². The van der Waals surface area contributed by atoms with Gasteiger partial charge in [0.25, 0.3) is 11.4 Å². The number of alkyl halides is 1. The van der Waals surface area contributed by atoms with Crippen molar-refractivity contribution in [3.63, 3.8) is 0 Å². The third-order valence-corrected chi connectivity index (χ3v) is 3.61. The normalized spacial score (nSPS) is 12.4. The van der Waals surface area contributed by atoms with Gasteiger partial charge in [-0.05, 0) is 24.8 Å². The van der Waals surface area contributed by atoms with Crippen molar-refractivity contribution >= 4 is 23.0 Å². The molecule has 0 heterocycles. The Morgan fingerprint density at radius 3 is 2.32 bits per heavy atom. The van der Waals surface area contributed by atoms with Crippen LogP contribution in [0.5, 0.6) is 0 Å². The lowest BCUT2D eigenvalue weighted by atomic mass is 10.0. The standard InChI is InChI=1S/C12H15ClN2O4/c1-8(2)11(13)6-4-9-3-5-10(14(16)17)7-12(9)15(18)19/h3,5,7-8,11H,4,6H2,1-2H3. The Kier molecular flexibility index (Phi) is 5.23. The van der Waals surface area contributed by atoms with Crippen LogP contribution in [0.25, 0.3) is 0 Å². The molecule has 0 aliphatic carbocycles. The summed E-state index contributed by atoms with van der Waals surface area (Å²) in [6.07, 6.45) is 1.03. The van der Waals surface area contributed by atoms with Gasteiger partial charge < -0.3 is 0 Å². The molecule has 0 fully saturated rings. The van der Waals surface area contributed by atoms with E-state index in [1.165, 1.54) is 12.1 Å². The van der Waals surface area contributed by atoms with Gasteiger partial charge in [0.2, 0.25) is 0 Å². The molecule has 19 heavy (non-hydrogen) atoms. The Labute approximate surface area is 115 Å². The molecule has 0 aliphatic rings. The fourth-order valence-electron chi connectivity index (χ4n) is 1.67. The number of non-ortho nitro benzene ring substituents is 1. The van der Waals surface area contributed by atoms with Crippen molar-refractivity contribution in [2.75, 3.05) is 0 Å². The van der Waals surface area contributed by atoms with Crippen LogP contribution >= 0.6 is 11.6 Å². The zero-order valence-corrected chi connectivity index (χ0v) is 11.5. The Hall–Kier alpha value is -1.69. The molecule has 1 aromatic rings. The van der Waals surface area contributed by atoms with Gasteiger partial charge in [-0.25, -0.2) is 0 Å². The van der Waals surface area contributed by atoms with Gasteiger partial charge >= 0.3 is 0 Å². The van der Waals surface area contributed by atoms with E-state index in [1.54, 1.807) is 0 Å². The summed E-state index contributed by atoms with van der Waals surface area (Å²) in [5.41, 5.74) is -0.0227. The summed E-state index contributed by atoms with van der Waals surface area (Å²) in [7, 11) is 0. The molecular formula is C12H15ClN2O4. The monoisotopic (exact) mass is 286 g/mol. The largest absolute Gasteiger partial charge is 0.279 e. The third kappa shape index (κ3) is 4.17. The van der Waals surface area contributed by atoms with Crippen molar-refractivity contribution < 1.29 is 9.85 Å². The summed E-state index contributed by atoms with van der Waals surface area (Å²) in [6, 6.07) is 3.70. The van der Waals surface area contributed by atoms with Crippen LogP contribution in [0.3, 0.4) is 0 Å². The maximum absolute atomic E-state index is 10.9. The minimum Gasteiger partial charge on any atom is -0.258 e. The minimum atomic E-state index is -0.644. The number of nitrogens with zero attached hydrogens (tertiary/aromatic N) is 2. The molecule has 0 bridgehead atoms. The highest BCUT2D eigenvalue weighted by Gasteiger charge is 2.20. The van der Waals surface area contributed by atoms with E-state index in [2.05, 4.69) is 0 Å². The van der Waals surface area contributed by atoms with E-state index in [1.807, 2.05) is 13.8 Å². The minimum absolute atomic E-state index is 0.0743. The molecule has 0 N–H and O–H groups in total. The molecule has 0 radical (unpaired) electrons. The lowest BCUT2D eigenvalue weighted by Gasteiger charge is -2.12. The molecule has 1 unspecified atom stereocenters. The predicted molar refractivity (Wildman–Crippen MR) is 72.6 cm³/mol. The van der Waals surface area contributed by atoms with Crippen molar-refractivity contribution in [3.8, 4) is 0 Å². The van der Waals surface area contributed by atoms with Crippen LogP contribution in [0.1, 0.15) is 25.8 Å². The molecule has 0 spiro atoms. The summed E-state index contributed by atoms with van der Waals surface area (Å²) in [5, 5.41) is 21.5. The number of rotatable bonds is 6. The number of aryl methyl sites for hydroxylation is 1. The second-order valence-corrected chi connectivity index (χ2v) is 5.19. The molecule has 1 rings (SSSR count). The van der Waals surface area contributed by atoms with Crippen LogP contribution in [0, 0.1) is 26.1 Å². The third-order valence-electron chi connectivity index (χ3n) is 2.89. The summed E-state index contributed by atoms with van der Waals surface area (Å²) in [4.78, 5) is 20.3. The van der Waals surface area contributed by atoms with E-state index >= 15 is 0 Å². The summed E-state index contributed by atoms with van der Waals surface area (Å²) in [6.45, 7) is 3.95. The summed E-state index contributed by atoms with van der Waals surface area (Å²) < 4.78 is 0. The quantitative estimate of drug-likeness (QED) is 0.453. The molecule has 0 saturated carbocycles. The predicted octanol–water partition coefficient (Wildman–Crippen LogP) is 3.70. The van der Waals surface area contributed by atoms with E-state index in [-0.39, 0.29) is 22.7 Å². The van der Waals surface area contributed by atoms with Gasteiger partial charge in [0, 0.05) is 17.0 Å². The van der Waals surface area contributed by atoms with E-state index in [9.17, 15) is 20.2 Å². The molecular weight excluding hydrogens is 272 g/mol. The van der Waals surface area contributed by atoms with Crippen LogP contribution < -0.4 is 0 Å². The summed E-state index contributed by atoms with van der Waals surface area (Å²) in [5.74, 6) is 0.277. The molecule has 104 valence electrons. The fourth-order valence-corrected chi connectivity index (χ4v) is 1.78. The lowest BCUT2D eigenvalue weighted by Crippen LogP contribution is -2.09. The van der Waals surface area contributed by atoms with Gasteiger partial charge in [-0.3, -0.25) is 20.2 Å². The van der Waals surface area contributed by atoms with Crippen LogP contribution in [0.15, 0.2) is 18.2 Å². The van der Waals surface area contributed by atoms with Crippen molar-refractivity contribution in [2.45, 2.75) is 32.1 Å². The number of halogens is 1. The van der Waals surface area contributed by atoms with Gasteiger partial charge in [-0.2, -0.15) is 0 Å². The Morgan fingerprint density at radius 1 is 1.21 bits per heavy atom. The molecule has 1 aromatic carbocycles. The van der Waals surface area contributed by atoms with E-state index in [0.29, 0.717) is 18.4 Å². The topological polar surface area (TPSA) is 86.3 Å². The molecule has 0 amide bonds. The molecule has 0 aliphatic heterocycles. The van der Waals surface area contributed by atoms with Crippen molar-refractivity contribution in [1.82, 2.24) is 0 Å². The van der Waals surface area contributed by atoms with Crippen molar-refractivity contribution in [2.24, 2.45) is 5.92 Å². The lowest BCUT2D eigenvalue weighted by molar-refractivity contribution is -0.394. The zero-order chi connectivity index (χ0) is 14.6. The van der Waals surface area contributed by atoms with E-state index in [4.69, 9.17) is 11.6 Å². The molecule has 6 nitrogen and oxygen atoms in total. The second-order valence-electron chi connectivity index (χ2n) is 4.63. The van der Waals surface area contributed by atoms with Gasteiger partial charge in [0.15, 0.2) is 0 Å². The first-order chi connectivity index (χ1) is 8.82. The Bertz CT molecular complexity index is 491. The summed E-state index contributed by atoms with van der Waals surface area (Å²) >= 11 is 6.10. The highest BCUT2D eigenvalue weighted by Crippen LogP contribution is 2.27. The Balaban J connectivity index is 2.94. The maximum Gasteiger partial charge on any atom is 0.279 e. The SMILES string of the molecule is CC(C)C(Cl)CCc1ccc([N+](=O)[O-])cc1[N+](=O)[O-]. The average molecular weight is 287 g/mol. The average Bonchev–Trinajstić information content (AvgIpc) is 2.35. The fraction of sp³-hybridized carbons (Fsp3) is 0.500. The molecule has 1 atom stereocenters. The van der Waals surface area contributed by atoms with Crippen LogP contribution in [-0.4, -0.2) is 15.2 Å². The highest BCUT2D eigenvalue weighted by molar-refractivity contribution is 6.20. The first-order valence-electron chi connectivity index (χ1n) is 5.88. The molecule has 0 aromatic heterocycles. The zero-order valence-electron chi connectivity index (χ0n) is 10.7. The molecule has 7 heteroatoms. The van der Waals surface area contributed by atoms with E-state index in [0.717, 1.165) is 6.07 Å². The van der Waals surface area contributed by atoms with Crippen LogP contribution in [0.4, 0.5) is 11.4 Å². The van der Waals surface area contributed by atoms with Crippen LogP contribution in [-0.2, 0) is 6.42 Å². The number of hydrogen-bond donors (Lipinski definition) is 0. The van der Waals surface area contributed by atoms with Crippen LogP contribution in [0.2, 0.25) is 0 Å². The number of benzene rings is 1. The second kappa shape index (κ2) is 6.47. The number of nitro benzene ring substituents is 2. The van der Waals surface area contributed by atoms with Gasteiger partial charge in [-0.1, -0.05) is 13.8 Å². The highest BCUT2D eigenvalue weighted by atomic mass is 35.5. The number of hydrogen-bond acceptors (Lipinski definition) is 4. The van der Waals surface area contributed by atoms with E-state index < -0.39 is 9.85 Å². The first-order valence-corrected chi connectivity index (χ1v) is 6.32. The number of nitro groups is 2. The van der Waals surface area contributed by atoms with Gasteiger partial charge in [0.1, 0.15) is 0 Å². The first kappa shape index (κ1) is 15.4. The molecule has 0 saturated heterocycles. The van der Waals surface area contributed by atoms with Crippen molar-refractivity contribution in [1.29, 1.82) is 0 Å². The van der Waals surface area contributed by atoms with Gasteiger partial charge in [-0.15, -0.1) is 11.6 Å². The van der Waals surface area contributed by atoms with Gasteiger partial charge in [0.05, 0.1) is 15.9 Å². The smallest absolute Gasteiger partial charge is 0.258 e. The Morgan fingerprint density at radius 2 is 1.84 bits per heavy atom. The maximum atomic E-state index is 10.9.